The van der Waals surface area contributed by atoms with Crippen LogP contribution in [-0.2, 0) is 11.0 Å². The summed E-state index contributed by atoms with van der Waals surface area (Å²) < 4.78 is 60.2. The van der Waals surface area contributed by atoms with Gasteiger partial charge < -0.3 is 10.1 Å². The molecule has 0 aliphatic carbocycles. The highest BCUT2D eigenvalue weighted by atomic mass is 19.4. The predicted octanol–water partition coefficient (Wildman–Crippen LogP) is 6.12. The van der Waals surface area contributed by atoms with Crippen molar-refractivity contribution in [2.45, 2.75) is 6.18 Å². The van der Waals surface area contributed by atoms with Gasteiger partial charge in [0, 0.05) is 16.8 Å². The molecule has 0 atom stereocenters. The molecule has 0 unspecified atom stereocenters. The second-order valence-corrected chi connectivity index (χ2v) is 8.78. The first kappa shape index (κ1) is 27.3. The van der Waals surface area contributed by atoms with Gasteiger partial charge in [-0.1, -0.05) is 42.5 Å². The van der Waals surface area contributed by atoms with Crippen LogP contribution >= 0.6 is 0 Å². The third-order valence-corrected chi connectivity index (χ3v) is 5.90. The number of amides is 1. The van der Waals surface area contributed by atoms with Gasteiger partial charge in [0.25, 0.3) is 11.5 Å². The fraction of sp³-hybridized carbons (Fsp3) is 0.0667. The summed E-state index contributed by atoms with van der Waals surface area (Å²) in [5.41, 5.74) is -0.516. The van der Waals surface area contributed by atoms with Gasteiger partial charge >= 0.3 is 6.18 Å². The summed E-state index contributed by atoms with van der Waals surface area (Å²) in [7, 11) is 0. The van der Waals surface area contributed by atoms with E-state index in [0.29, 0.717) is 11.1 Å². The predicted molar refractivity (Wildman–Crippen MR) is 146 cm³/mol. The Balaban J connectivity index is 1.48. The van der Waals surface area contributed by atoms with E-state index in [1.165, 1.54) is 36.5 Å². The number of fused-ring (bicyclic) bond motifs is 1. The number of para-hydroxylation sites is 2. The molecule has 0 saturated heterocycles. The Morgan fingerprint density at radius 1 is 0.951 bits per heavy atom. The summed E-state index contributed by atoms with van der Waals surface area (Å²) >= 11 is 0. The molecule has 0 bridgehead atoms. The topological polar surface area (TPSA) is 85.6 Å². The minimum atomic E-state index is -4.60. The summed E-state index contributed by atoms with van der Waals surface area (Å²) in [6, 6.07) is 22.8. The van der Waals surface area contributed by atoms with Crippen molar-refractivity contribution < 1.29 is 27.1 Å². The number of alkyl halides is 3. The van der Waals surface area contributed by atoms with Crippen molar-refractivity contribution in [3.63, 3.8) is 0 Å². The van der Waals surface area contributed by atoms with Crippen molar-refractivity contribution in [1.29, 1.82) is 0 Å². The van der Waals surface area contributed by atoms with E-state index >= 15 is 0 Å². The number of nitrogens with one attached hydrogen (secondary N) is 1. The molecule has 11 heteroatoms. The molecule has 206 valence electrons. The van der Waals surface area contributed by atoms with E-state index in [9.17, 15) is 27.2 Å². The van der Waals surface area contributed by atoms with E-state index < -0.39 is 35.6 Å². The van der Waals surface area contributed by atoms with Crippen LogP contribution in [0.25, 0.3) is 22.3 Å². The lowest BCUT2D eigenvalue weighted by Crippen LogP contribution is -2.21. The van der Waals surface area contributed by atoms with Crippen LogP contribution in [0.5, 0.6) is 5.75 Å². The van der Waals surface area contributed by atoms with E-state index in [4.69, 9.17) is 4.74 Å². The minimum Gasteiger partial charge on any atom is -0.483 e. The van der Waals surface area contributed by atoms with Gasteiger partial charge in [-0.05, 0) is 54.6 Å². The minimum absolute atomic E-state index is 0.0402. The van der Waals surface area contributed by atoms with E-state index in [2.05, 4.69) is 15.4 Å². The molecule has 1 amide bonds. The van der Waals surface area contributed by atoms with Crippen molar-refractivity contribution in [3.8, 4) is 17.1 Å². The lowest BCUT2D eigenvalue weighted by atomic mass is 10.1. The normalized spacial score (nSPS) is 11.6. The molecule has 1 heterocycles. The zero-order valence-electron chi connectivity index (χ0n) is 21.1. The lowest BCUT2D eigenvalue weighted by molar-refractivity contribution is -0.137. The molecular formula is C30H20F4N4O3. The maximum atomic E-state index is 13.4. The van der Waals surface area contributed by atoms with Crippen molar-refractivity contribution in [3.05, 3.63) is 124 Å². The number of ether oxygens (including phenoxy) is 1. The number of aromatic nitrogens is 2. The molecule has 1 N–H and O–H groups in total. The Morgan fingerprint density at radius 3 is 2.51 bits per heavy atom. The van der Waals surface area contributed by atoms with Crippen molar-refractivity contribution in [2.24, 2.45) is 5.10 Å². The molecule has 5 aromatic rings. The average molecular weight is 561 g/mol. The molecule has 4 aromatic carbocycles. The molecule has 0 saturated carbocycles. The largest absolute Gasteiger partial charge is 0.483 e. The van der Waals surface area contributed by atoms with Crippen LogP contribution in [0.1, 0.15) is 11.1 Å². The second kappa shape index (κ2) is 11.4. The smallest absolute Gasteiger partial charge is 0.416 e. The van der Waals surface area contributed by atoms with Gasteiger partial charge in [0.15, 0.2) is 12.4 Å². The standard InChI is InChI=1S/C30H20F4N4O3/c31-22-10-6-11-23(16-22)36-27(39)18-41-26-14-4-1-7-20(26)17-35-38-28(19-8-5-9-21(15-19)30(32,33)34)37-25-13-3-2-12-24(25)29(38)40/h1-17H,18H2,(H,36,39). The zero-order valence-corrected chi connectivity index (χ0v) is 21.1. The van der Waals surface area contributed by atoms with Gasteiger partial charge in [0.1, 0.15) is 11.6 Å². The molecule has 0 fully saturated rings. The van der Waals surface area contributed by atoms with Gasteiger partial charge in [0.2, 0.25) is 0 Å². The number of hydrogen-bond donors (Lipinski definition) is 1. The first-order valence-electron chi connectivity index (χ1n) is 12.2. The third-order valence-electron chi connectivity index (χ3n) is 5.90. The number of benzene rings is 4. The summed E-state index contributed by atoms with van der Waals surface area (Å²) in [4.78, 5) is 30.2. The highest BCUT2D eigenvalue weighted by Gasteiger charge is 2.31. The number of rotatable bonds is 7. The fourth-order valence-electron chi connectivity index (χ4n) is 4.00. The molecule has 41 heavy (non-hydrogen) atoms. The van der Waals surface area contributed by atoms with E-state index in [1.54, 1.807) is 48.5 Å². The van der Waals surface area contributed by atoms with Gasteiger partial charge in [-0.15, -0.1) is 0 Å². The Bertz CT molecular complexity index is 1830. The zero-order chi connectivity index (χ0) is 29.0. The van der Waals surface area contributed by atoms with Crippen LogP contribution in [0.15, 0.2) is 107 Å². The van der Waals surface area contributed by atoms with Crippen LogP contribution in [0.2, 0.25) is 0 Å². The number of anilines is 1. The summed E-state index contributed by atoms with van der Waals surface area (Å²) in [6.45, 7) is -0.408. The number of hydrogen-bond acceptors (Lipinski definition) is 5. The molecule has 0 aliphatic rings. The molecule has 0 radical (unpaired) electrons. The highest BCUT2D eigenvalue weighted by molar-refractivity contribution is 5.92. The van der Waals surface area contributed by atoms with Crippen LogP contribution in [0.3, 0.4) is 0 Å². The molecule has 0 spiro atoms. The molecule has 7 nitrogen and oxygen atoms in total. The fourth-order valence-corrected chi connectivity index (χ4v) is 4.00. The van der Waals surface area contributed by atoms with Crippen molar-refractivity contribution in [1.82, 2.24) is 9.66 Å². The van der Waals surface area contributed by atoms with Crippen LogP contribution in [-0.4, -0.2) is 28.4 Å². The third kappa shape index (κ3) is 6.30. The summed E-state index contributed by atoms with van der Waals surface area (Å²) in [5, 5.41) is 7.02. The van der Waals surface area contributed by atoms with E-state index in [-0.39, 0.29) is 28.2 Å². The van der Waals surface area contributed by atoms with E-state index in [0.717, 1.165) is 22.9 Å². The first-order chi connectivity index (χ1) is 19.7. The lowest BCUT2D eigenvalue weighted by Gasteiger charge is -2.12. The van der Waals surface area contributed by atoms with Gasteiger partial charge in [0.05, 0.1) is 22.7 Å². The quantitative estimate of drug-likeness (QED) is 0.192. The maximum absolute atomic E-state index is 13.4. The molecule has 0 aliphatic heterocycles. The molecule has 1 aromatic heterocycles. The van der Waals surface area contributed by atoms with E-state index in [1.807, 2.05) is 0 Å². The monoisotopic (exact) mass is 560 g/mol. The molecular weight excluding hydrogens is 540 g/mol. The van der Waals surface area contributed by atoms with Crippen LogP contribution in [0, 0.1) is 5.82 Å². The molecule has 5 rings (SSSR count). The van der Waals surface area contributed by atoms with Gasteiger partial charge in [-0.25, -0.2) is 9.37 Å². The van der Waals surface area contributed by atoms with Crippen LogP contribution < -0.4 is 15.6 Å². The van der Waals surface area contributed by atoms with Crippen molar-refractivity contribution in [2.75, 3.05) is 11.9 Å². The number of carbonyl (C=O) groups excluding carboxylic acids is 1. The number of nitrogens with zero attached hydrogens (tertiary/aromatic N) is 3. The van der Waals surface area contributed by atoms with Gasteiger partial charge in [-0.3, -0.25) is 9.59 Å². The SMILES string of the molecule is O=C(COc1ccccc1C=Nn1c(-c2cccc(C(F)(F)F)c2)nc2ccccc2c1=O)Nc1cccc(F)c1. The average Bonchev–Trinajstić information content (AvgIpc) is 2.95. The number of carbonyl (C=O) groups is 1. The Labute approximate surface area is 230 Å². The first-order valence-corrected chi connectivity index (χ1v) is 12.2. The number of halogens is 4. The highest BCUT2D eigenvalue weighted by Crippen LogP contribution is 2.32. The Kier molecular flexibility index (Phi) is 7.59. The summed E-state index contributed by atoms with van der Waals surface area (Å²) in [6.07, 6.45) is -3.31. The van der Waals surface area contributed by atoms with Crippen LogP contribution in [0.4, 0.5) is 23.2 Å². The van der Waals surface area contributed by atoms with Crippen molar-refractivity contribution >= 4 is 28.7 Å². The summed E-state index contributed by atoms with van der Waals surface area (Å²) in [5.74, 6) is -0.894. The van der Waals surface area contributed by atoms with Gasteiger partial charge in [-0.2, -0.15) is 22.9 Å². The second-order valence-electron chi connectivity index (χ2n) is 8.78. The Morgan fingerprint density at radius 2 is 1.71 bits per heavy atom. The Hall–Kier alpha value is -5.32. The maximum Gasteiger partial charge on any atom is 0.416 e.